The average molecular weight is 467 g/mol. The number of carbonyl (C=O) groups is 3. The molecule has 3 N–H and O–H groups in total. The van der Waals surface area contributed by atoms with E-state index in [1.165, 1.54) is 44.6 Å². The lowest BCUT2D eigenvalue weighted by Gasteiger charge is -2.13. The Bertz CT molecular complexity index is 1180. The van der Waals surface area contributed by atoms with Crippen LogP contribution in [-0.4, -0.2) is 38.5 Å². The minimum atomic E-state index is -0.616. The quantitative estimate of drug-likeness (QED) is 0.439. The SMILES string of the molecule is COc1ccccc1NC(=O)COc1ccc(C(=O)NNC(=O)c2ccc(F)cc2)cc1OC. The van der Waals surface area contributed by atoms with Crippen molar-refractivity contribution in [1.82, 2.24) is 10.9 Å². The number of benzene rings is 3. The summed E-state index contributed by atoms with van der Waals surface area (Å²) >= 11 is 0. The van der Waals surface area contributed by atoms with E-state index in [1.54, 1.807) is 24.3 Å². The van der Waals surface area contributed by atoms with E-state index < -0.39 is 23.5 Å². The summed E-state index contributed by atoms with van der Waals surface area (Å²) in [6.07, 6.45) is 0. The third-order valence-corrected chi connectivity index (χ3v) is 4.56. The summed E-state index contributed by atoms with van der Waals surface area (Å²) in [6.45, 7) is -0.312. The first-order valence-electron chi connectivity index (χ1n) is 10.0. The highest BCUT2D eigenvalue weighted by atomic mass is 19.1. The molecule has 0 aliphatic carbocycles. The van der Waals surface area contributed by atoms with Crippen molar-refractivity contribution in [3.63, 3.8) is 0 Å². The molecule has 0 saturated carbocycles. The normalized spacial score (nSPS) is 10.1. The fourth-order valence-electron chi connectivity index (χ4n) is 2.86. The molecule has 3 rings (SSSR count). The second-order valence-corrected chi connectivity index (χ2v) is 6.82. The number of carbonyl (C=O) groups excluding carboxylic acids is 3. The average Bonchev–Trinajstić information content (AvgIpc) is 2.86. The Kier molecular flexibility index (Phi) is 8.01. The number of hydrogen-bond donors (Lipinski definition) is 3. The zero-order chi connectivity index (χ0) is 24.5. The van der Waals surface area contributed by atoms with Gasteiger partial charge in [0.05, 0.1) is 19.9 Å². The van der Waals surface area contributed by atoms with Gasteiger partial charge in [-0.2, -0.15) is 0 Å². The predicted molar refractivity (Wildman–Crippen MR) is 121 cm³/mol. The number of methoxy groups -OCH3 is 2. The molecule has 34 heavy (non-hydrogen) atoms. The topological polar surface area (TPSA) is 115 Å². The number of rotatable bonds is 8. The third-order valence-electron chi connectivity index (χ3n) is 4.56. The fourth-order valence-corrected chi connectivity index (χ4v) is 2.86. The van der Waals surface area contributed by atoms with Gasteiger partial charge in [0.1, 0.15) is 11.6 Å². The Balaban J connectivity index is 1.57. The highest BCUT2D eigenvalue weighted by molar-refractivity contribution is 5.99. The number of ether oxygens (including phenoxy) is 3. The van der Waals surface area contributed by atoms with Crippen LogP contribution in [0.25, 0.3) is 0 Å². The number of hydrazine groups is 1. The molecule has 0 spiro atoms. The first-order valence-corrected chi connectivity index (χ1v) is 10.0. The Morgan fingerprint density at radius 1 is 0.765 bits per heavy atom. The van der Waals surface area contributed by atoms with E-state index in [9.17, 15) is 18.8 Å². The predicted octanol–water partition coefficient (Wildman–Crippen LogP) is 2.94. The molecule has 0 aromatic heterocycles. The maximum atomic E-state index is 13.0. The molecular formula is C24H22FN3O6. The van der Waals surface area contributed by atoms with Crippen LogP contribution in [0.2, 0.25) is 0 Å². The van der Waals surface area contributed by atoms with E-state index in [1.807, 2.05) is 0 Å². The van der Waals surface area contributed by atoms with Crippen molar-refractivity contribution in [1.29, 1.82) is 0 Å². The van der Waals surface area contributed by atoms with Gasteiger partial charge in [-0.1, -0.05) is 12.1 Å². The van der Waals surface area contributed by atoms with E-state index in [0.29, 0.717) is 11.4 Å². The van der Waals surface area contributed by atoms with Gasteiger partial charge in [0.15, 0.2) is 18.1 Å². The van der Waals surface area contributed by atoms with Gasteiger partial charge in [0, 0.05) is 11.1 Å². The molecular weight excluding hydrogens is 445 g/mol. The molecule has 9 nitrogen and oxygen atoms in total. The summed E-state index contributed by atoms with van der Waals surface area (Å²) in [5.74, 6) is -1.16. The van der Waals surface area contributed by atoms with Crippen LogP contribution in [0.4, 0.5) is 10.1 Å². The summed E-state index contributed by atoms with van der Waals surface area (Å²) in [4.78, 5) is 36.7. The smallest absolute Gasteiger partial charge is 0.269 e. The molecule has 0 atom stereocenters. The van der Waals surface area contributed by atoms with Crippen molar-refractivity contribution in [3.8, 4) is 17.2 Å². The molecule has 0 heterocycles. The molecule has 176 valence electrons. The van der Waals surface area contributed by atoms with Crippen LogP contribution in [0.3, 0.4) is 0 Å². The molecule has 0 aliphatic heterocycles. The highest BCUT2D eigenvalue weighted by Crippen LogP contribution is 2.28. The molecule has 0 fully saturated rings. The van der Waals surface area contributed by atoms with Crippen LogP contribution in [0.1, 0.15) is 20.7 Å². The van der Waals surface area contributed by atoms with Crippen LogP contribution >= 0.6 is 0 Å². The van der Waals surface area contributed by atoms with E-state index in [-0.39, 0.29) is 29.2 Å². The van der Waals surface area contributed by atoms with Gasteiger partial charge in [-0.3, -0.25) is 25.2 Å². The molecule has 0 bridgehead atoms. The number of para-hydroxylation sites is 2. The van der Waals surface area contributed by atoms with Gasteiger partial charge < -0.3 is 19.5 Å². The van der Waals surface area contributed by atoms with Gasteiger partial charge in [-0.05, 0) is 54.6 Å². The lowest BCUT2D eigenvalue weighted by atomic mass is 10.2. The van der Waals surface area contributed by atoms with E-state index in [0.717, 1.165) is 12.1 Å². The zero-order valence-corrected chi connectivity index (χ0v) is 18.4. The zero-order valence-electron chi connectivity index (χ0n) is 18.4. The molecule has 0 aliphatic rings. The van der Waals surface area contributed by atoms with Crippen molar-refractivity contribution in [2.24, 2.45) is 0 Å². The van der Waals surface area contributed by atoms with Crippen molar-refractivity contribution in [2.75, 3.05) is 26.1 Å². The minimum absolute atomic E-state index is 0.169. The molecule has 0 radical (unpaired) electrons. The maximum absolute atomic E-state index is 13.0. The largest absolute Gasteiger partial charge is 0.495 e. The second-order valence-electron chi connectivity index (χ2n) is 6.82. The monoisotopic (exact) mass is 467 g/mol. The van der Waals surface area contributed by atoms with E-state index in [2.05, 4.69) is 16.2 Å². The van der Waals surface area contributed by atoms with Crippen LogP contribution in [0.5, 0.6) is 17.2 Å². The standard InChI is InChI=1S/C24H22FN3O6/c1-32-19-6-4-3-5-18(19)26-22(29)14-34-20-12-9-16(13-21(20)33-2)24(31)28-27-23(30)15-7-10-17(25)11-8-15/h3-13H,14H2,1-2H3,(H,26,29)(H,27,30)(H,28,31). The van der Waals surface area contributed by atoms with Crippen molar-refractivity contribution in [3.05, 3.63) is 83.7 Å². The highest BCUT2D eigenvalue weighted by Gasteiger charge is 2.14. The summed E-state index contributed by atoms with van der Waals surface area (Å²) in [5.41, 5.74) is 5.36. The summed E-state index contributed by atoms with van der Waals surface area (Å²) < 4.78 is 28.9. The lowest BCUT2D eigenvalue weighted by molar-refractivity contribution is -0.118. The Labute approximate surface area is 194 Å². The van der Waals surface area contributed by atoms with Crippen LogP contribution < -0.4 is 30.4 Å². The minimum Gasteiger partial charge on any atom is -0.495 e. The molecule has 3 amide bonds. The molecule has 0 saturated heterocycles. The van der Waals surface area contributed by atoms with Crippen molar-refractivity contribution < 1.29 is 33.0 Å². The molecule has 0 unspecified atom stereocenters. The molecule has 10 heteroatoms. The third kappa shape index (κ3) is 6.22. The maximum Gasteiger partial charge on any atom is 0.269 e. The Morgan fingerprint density at radius 2 is 1.38 bits per heavy atom. The first kappa shape index (κ1) is 24.1. The van der Waals surface area contributed by atoms with E-state index in [4.69, 9.17) is 14.2 Å². The fraction of sp³-hybridized carbons (Fsp3) is 0.125. The number of anilines is 1. The van der Waals surface area contributed by atoms with E-state index >= 15 is 0 Å². The second kappa shape index (κ2) is 11.3. The van der Waals surface area contributed by atoms with Crippen LogP contribution in [-0.2, 0) is 4.79 Å². The van der Waals surface area contributed by atoms with Crippen molar-refractivity contribution >= 4 is 23.4 Å². The van der Waals surface area contributed by atoms with Crippen LogP contribution in [0, 0.1) is 5.82 Å². The van der Waals surface area contributed by atoms with Crippen molar-refractivity contribution in [2.45, 2.75) is 0 Å². The number of amides is 3. The van der Waals surface area contributed by atoms with Gasteiger partial charge in [-0.15, -0.1) is 0 Å². The summed E-state index contributed by atoms with van der Waals surface area (Å²) in [5, 5.41) is 2.69. The van der Waals surface area contributed by atoms with Gasteiger partial charge in [0.2, 0.25) is 0 Å². The Morgan fingerprint density at radius 3 is 2.06 bits per heavy atom. The molecule has 3 aromatic rings. The van der Waals surface area contributed by atoms with Crippen LogP contribution in [0.15, 0.2) is 66.7 Å². The number of hydrogen-bond acceptors (Lipinski definition) is 6. The van der Waals surface area contributed by atoms with Gasteiger partial charge in [-0.25, -0.2) is 4.39 Å². The number of nitrogens with one attached hydrogen (secondary N) is 3. The Hall–Kier alpha value is -4.60. The molecule has 3 aromatic carbocycles. The summed E-state index contributed by atoms with van der Waals surface area (Å²) in [6, 6.07) is 16.1. The summed E-state index contributed by atoms with van der Waals surface area (Å²) in [7, 11) is 2.88. The first-order chi connectivity index (χ1) is 16.4. The van der Waals surface area contributed by atoms with Gasteiger partial charge >= 0.3 is 0 Å². The lowest BCUT2D eigenvalue weighted by Crippen LogP contribution is -2.41. The number of halogens is 1. The van der Waals surface area contributed by atoms with Gasteiger partial charge in [0.25, 0.3) is 17.7 Å².